The summed E-state index contributed by atoms with van der Waals surface area (Å²) < 4.78 is 14.8. The summed E-state index contributed by atoms with van der Waals surface area (Å²) in [4.78, 5) is 24.9. The van der Waals surface area contributed by atoms with Crippen LogP contribution in [0, 0.1) is 0 Å². The maximum absolute atomic E-state index is 12.6. The second-order valence-electron chi connectivity index (χ2n) is 6.62. The van der Waals surface area contributed by atoms with Crippen LogP contribution >= 0.6 is 15.9 Å². The monoisotopic (exact) mass is 475 g/mol. The van der Waals surface area contributed by atoms with Gasteiger partial charge < -0.3 is 14.8 Å². The zero-order valence-corrected chi connectivity index (χ0v) is 18.4. The highest BCUT2D eigenvalue weighted by Gasteiger charge is 2.22. The molecule has 3 aromatic rings. The van der Waals surface area contributed by atoms with Crippen molar-refractivity contribution in [3.8, 4) is 5.75 Å². The second-order valence-corrected chi connectivity index (χ2v) is 7.54. The minimum atomic E-state index is -0.596. The first-order chi connectivity index (χ1) is 14.4. The molecule has 0 unspecified atom stereocenters. The molecule has 2 heterocycles. The molecule has 9 nitrogen and oxygen atoms in total. The van der Waals surface area contributed by atoms with Crippen molar-refractivity contribution in [1.82, 2.24) is 19.6 Å². The Kier molecular flexibility index (Phi) is 6.88. The molecule has 30 heavy (non-hydrogen) atoms. The maximum atomic E-state index is 12.6. The summed E-state index contributed by atoms with van der Waals surface area (Å²) in [5.41, 5.74) is 0.506. The minimum absolute atomic E-state index is 0.0527. The third kappa shape index (κ3) is 5.47. The molecule has 158 valence electrons. The Bertz CT molecular complexity index is 1030. The zero-order valence-electron chi connectivity index (χ0n) is 16.8. The van der Waals surface area contributed by atoms with Gasteiger partial charge in [-0.2, -0.15) is 10.2 Å². The van der Waals surface area contributed by atoms with Crippen LogP contribution in [0.5, 0.6) is 5.75 Å². The zero-order chi connectivity index (χ0) is 21.7. The molecule has 0 aliphatic rings. The van der Waals surface area contributed by atoms with E-state index in [0.717, 1.165) is 4.47 Å². The third-order valence-corrected chi connectivity index (χ3v) is 4.45. The molecule has 0 radical (unpaired) electrons. The van der Waals surface area contributed by atoms with E-state index < -0.39 is 11.9 Å². The van der Waals surface area contributed by atoms with E-state index in [2.05, 4.69) is 31.4 Å². The number of aromatic nitrogens is 4. The Morgan fingerprint density at radius 2 is 1.87 bits per heavy atom. The fraction of sp³-hybridized carbons (Fsp3) is 0.300. The van der Waals surface area contributed by atoms with Crippen LogP contribution in [0.3, 0.4) is 0 Å². The summed E-state index contributed by atoms with van der Waals surface area (Å²) >= 11 is 3.37. The summed E-state index contributed by atoms with van der Waals surface area (Å²) in [5.74, 6) is -0.382. The summed E-state index contributed by atoms with van der Waals surface area (Å²) in [6.07, 6.45) is 2.92. The van der Waals surface area contributed by atoms with Gasteiger partial charge in [-0.05, 0) is 51.1 Å². The average Bonchev–Trinajstić information content (AvgIpc) is 3.34. The van der Waals surface area contributed by atoms with Crippen molar-refractivity contribution in [2.45, 2.75) is 40.2 Å². The van der Waals surface area contributed by atoms with Gasteiger partial charge in [0.2, 0.25) is 0 Å². The lowest BCUT2D eigenvalue weighted by molar-refractivity contribution is 0.0371. The van der Waals surface area contributed by atoms with Gasteiger partial charge in [-0.15, -0.1) is 0 Å². The van der Waals surface area contributed by atoms with Gasteiger partial charge in [-0.25, -0.2) is 9.48 Å². The number of halogens is 1. The van der Waals surface area contributed by atoms with Gasteiger partial charge >= 0.3 is 5.97 Å². The highest BCUT2D eigenvalue weighted by molar-refractivity contribution is 9.10. The Morgan fingerprint density at radius 1 is 1.13 bits per heavy atom. The lowest BCUT2D eigenvalue weighted by atomic mass is 10.3. The number of carbonyl (C=O) groups excluding carboxylic acids is 2. The molecule has 0 aliphatic carbocycles. The van der Waals surface area contributed by atoms with Crippen LogP contribution in [0.1, 0.15) is 41.7 Å². The number of nitrogens with zero attached hydrogens (tertiary/aromatic N) is 4. The topological polar surface area (TPSA) is 100 Å². The number of carbonyl (C=O) groups is 2. The number of anilines is 1. The van der Waals surface area contributed by atoms with Crippen LogP contribution < -0.4 is 10.1 Å². The van der Waals surface area contributed by atoms with Crippen molar-refractivity contribution in [1.29, 1.82) is 0 Å². The first-order valence-corrected chi connectivity index (χ1v) is 10.2. The van der Waals surface area contributed by atoms with Gasteiger partial charge in [0, 0.05) is 23.4 Å². The second kappa shape index (κ2) is 9.57. The number of hydrogen-bond donors (Lipinski definition) is 1. The van der Waals surface area contributed by atoms with Crippen LogP contribution in [-0.2, 0) is 18.0 Å². The number of rotatable bonds is 8. The van der Waals surface area contributed by atoms with Crippen molar-refractivity contribution in [3.05, 3.63) is 58.6 Å². The number of hydrogen-bond acceptors (Lipinski definition) is 6. The van der Waals surface area contributed by atoms with Gasteiger partial charge in [0.25, 0.3) is 5.91 Å². The predicted octanol–water partition coefficient (Wildman–Crippen LogP) is 3.72. The molecule has 0 atom stereocenters. The van der Waals surface area contributed by atoms with Crippen LogP contribution in [0.2, 0.25) is 0 Å². The summed E-state index contributed by atoms with van der Waals surface area (Å²) in [5, 5.41) is 11.1. The normalized spacial score (nSPS) is 10.8. The lowest BCUT2D eigenvalue weighted by Gasteiger charge is -2.08. The highest BCUT2D eigenvalue weighted by Crippen LogP contribution is 2.18. The molecular weight excluding hydrogens is 454 g/mol. The fourth-order valence-electron chi connectivity index (χ4n) is 2.51. The molecule has 2 aromatic heterocycles. The molecule has 0 saturated carbocycles. The average molecular weight is 476 g/mol. The van der Waals surface area contributed by atoms with E-state index in [1.165, 1.54) is 4.68 Å². The van der Waals surface area contributed by atoms with Gasteiger partial charge in [0.15, 0.2) is 18.1 Å². The molecule has 10 heteroatoms. The number of benzene rings is 1. The van der Waals surface area contributed by atoms with Crippen LogP contribution in [0.15, 0.2) is 47.2 Å². The summed E-state index contributed by atoms with van der Waals surface area (Å²) in [6.45, 7) is 6.06. The molecule has 1 amide bonds. The van der Waals surface area contributed by atoms with E-state index in [1.54, 1.807) is 37.0 Å². The third-order valence-electron chi connectivity index (χ3n) is 3.92. The van der Waals surface area contributed by atoms with Gasteiger partial charge in [0.1, 0.15) is 5.75 Å². The molecule has 0 spiro atoms. The number of ether oxygens (including phenoxy) is 2. The molecule has 0 bridgehead atoms. The van der Waals surface area contributed by atoms with Crippen molar-refractivity contribution in [2.24, 2.45) is 0 Å². The van der Waals surface area contributed by atoms with E-state index in [9.17, 15) is 9.59 Å². The Balaban J connectivity index is 1.67. The maximum Gasteiger partial charge on any atom is 0.361 e. The quantitative estimate of drug-likeness (QED) is 0.498. The number of amides is 1. The van der Waals surface area contributed by atoms with E-state index >= 15 is 0 Å². The van der Waals surface area contributed by atoms with E-state index in [4.69, 9.17) is 9.47 Å². The standard InChI is InChI=1S/C20H22BrN5O4/c1-4-25-11-17(18(24-25)20(28)30-13(2)3)22-19(27)16-9-10-26(23-16)12-29-15-7-5-14(21)6-8-15/h5-11,13H,4,12H2,1-3H3,(H,22,27). The minimum Gasteiger partial charge on any atom is -0.471 e. The number of nitrogens with one attached hydrogen (secondary N) is 1. The van der Waals surface area contributed by atoms with Gasteiger partial charge in [-0.3, -0.25) is 9.48 Å². The summed E-state index contributed by atoms with van der Waals surface area (Å²) in [6, 6.07) is 8.95. The Labute approximate surface area is 182 Å². The molecule has 3 rings (SSSR count). The molecule has 0 saturated heterocycles. The number of esters is 1. The molecule has 0 aliphatic heterocycles. The first-order valence-electron chi connectivity index (χ1n) is 9.37. The molecule has 0 fully saturated rings. The molecule has 1 N–H and O–H groups in total. The van der Waals surface area contributed by atoms with Crippen LogP contribution in [0.25, 0.3) is 0 Å². The fourth-order valence-corrected chi connectivity index (χ4v) is 2.77. The Hall–Kier alpha value is -3.14. The van der Waals surface area contributed by atoms with Crippen molar-refractivity contribution in [3.63, 3.8) is 0 Å². The van der Waals surface area contributed by atoms with E-state index in [-0.39, 0.29) is 29.9 Å². The van der Waals surface area contributed by atoms with Gasteiger partial charge in [0.05, 0.1) is 11.8 Å². The van der Waals surface area contributed by atoms with Crippen LogP contribution in [0.4, 0.5) is 5.69 Å². The SMILES string of the molecule is CCn1cc(NC(=O)c2ccn(COc3ccc(Br)cc3)n2)c(C(=O)OC(C)C)n1. The lowest BCUT2D eigenvalue weighted by Crippen LogP contribution is -2.18. The van der Waals surface area contributed by atoms with E-state index in [1.807, 2.05) is 31.2 Å². The first kappa shape index (κ1) is 21.6. The highest BCUT2D eigenvalue weighted by atomic mass is 79.9. The predicted molar refractivity (Wildman–Crippen MR) is 113 cm³/mol. The molecular formula is C20H22BrN5O4. The van der Waals surface area contributed by atoms with Crippen molar-refractivity contribution >= 4 is 33.5 Å². The van der Waals surface area contributed by atoms with Crippen molar-refractivity contribution in [2.75, 3.05) is 5.32 Å². The number of aryl methyl sites for hydroxylation is 1. The van der Waals surface area contributed by atoms with Crippen molar-refractivity contribution < 1.29 is 19.1 Å². The Morgan fingerprint density at radius 3 is 2.53 bits per heavy atom. The largest absolute Gasteiger partial charge is 0.471 e. The van der Waals surface area contributed by atoms with Gasteiger partial charge in [-0.1, -0.05) is 15.9 Å². The van der Waals surface area contributed by atoms with Crippen LogP contribution in [-0.4, -0.2) is 37.5 Å². The summed E-state index contributed by atoms with van der Waals surface area (Å²) in [7, 11) is 0. The van der Waals surface area contributed by atoms with E-state index in [0.29, 0.717) is 12.3 Å². The smallest absolute Gasteiger partial charge is 0.361 e. The molecule has 1 aromatic carbocycles.